The minimum absolute atomic E-state index is 0.815. The van der Waals surface area contributed by atoms with E-state index in [0.29, 0.717) is 0 Å². The highest BCUT2D eigenvalue weighted by Gasteiger charge is 2.45. The first-order chi connectivity index (χ1) is 8.51. The molecule has 1 saturated heterocycles. The number of piperidine rings is 1. The molecule has 0 N–H and O–H groups in total. The van der Waals surface area contributed by atoms with E-state index in [1.165, 1.54) is 6.42 Å². The maximum Gasteiger partial charge on any atom is 0.148 e. The maximum absolute atomic E-state index is 4.62. The van der Waals surface area contributed by atoms with Crippen molar-refractivity contribution < 1.29 is 0 Å². The number of hydrogen-bond donors (Lipinski definition) is 0. The van der Waals surface area contributed by atoms with Gasteiger partial charge < -0.3 is 4.90 Å². The van der Waals surface area contributed by atoms with Crippen LogP contribution in [0.15, 0.2) is 12.4 Å². The van der Waals surface area contributed by atoms with Gasteiger partial charge in [0.25, 0.3) is 0 Å². The van der Waals surface area contributed by atoms with Gasteiger partial charge in [-0.05, 0) is 18.3 Å². The SMILES string of the molecule is C[Si](C)(C)C#Cc1cncc(N2CC3CC3C2)n1. The normalized spacial score (nSPS) is 25.4. The minimum Gasteiger partial charge on any atom is -0.355 e. The van der Waals surface area contributed by atoms with E-state index in [0.717, 1.165) is 36.4 Å². The van der Waals surface area contributed by atoms with Crippen LogP contribution in [-0.4, -0.2) is 31.1 Å². The predicted molar refractivity (Wildman–Crippen MR) is 76.1 cm³/mol. The van der Waals surface area contributed by atoms with Gasteiger partial charge in [0.2, 0.25) is 0 Å². The molecule has 0 amide bonds. The number of fused-ring (bicyclic) bond motifs is 1. The zero-order valence-corrected chi connectivity index (χ0v) is 12.3. The summed E-state index contributed by atoms with van der Waals surface area (Å²) < 4.78 is 0. The van der Waals surface area contributed by atoms with Gasteiger partial charge in [-0.15, -0.1) is 5.54 Å². The van der Waals surface area contributed by atoms with Crippen molar-refractivity contribution in [3.05, 3.63) is 18.1 Å². The molecule has 1 aromatic heterocycles. The van der Waals surface area contributed by atoms with E-state index in [9.17, 15) is 0 Å². The largest absolute Gasteiger partial charge is 0.355 e. The smallest absolute Gasteiger partial charge is 0.148 e. The van der Waals surface area contributed by atoms with Gasteiger partial charge in [-0.25, -0.2) is 4.98 Å². The Labute approximate surface area is 110 Å². The summed E-state index contributed by atoms with van der Waals surface area (Å²) in [6.45, 7) is 9.04. The quantitative estimate of drug-likeness (QED) is 0.570. The minimum atomic E-state index is -1.34. The molecular weight excluding hydrogens is 238 g/mol. The number of aromatic nitrogens is 2. The lowest BCUT2D eigenvalue weighted by Gasteiger charge is -2.18. The van der Waals surface area contributed by atoms with Crippen molar-refractivity contribution in [3.8, 4) is 11.5 Å². The van der Waals surface area contributed by atoms with Gasteiger partial charge in [0, 0.05) is 13.1 Å². The second-order valence-corrected chi connectivity index (χ2v) is 11.2. The average Bonchev–Trinajstić information content (AvgIpc) is 2.93. The molecule has 1 aliphatic heterocycles. The monoisotopic (exact) mass is 257 g/mol. The molecule has 94 valence electrons. The topological polar surface area (TPSA) is 29.0 Å². The molecule has 1 saturated carbocycles. The molecule has 4 heteroatoms. The Bertz CT molecular complexity index is 514. The molecule has 2 atom stereocenters. The van der Waals surface area contributed by atoms with Crippen LogP contribution in [0.1, 0.15) is 12.1 Å². The van der Waals surface area contributed by atoms with Crippen LogP contribution in [0.25, 0.3) is 0 Å². The van der Waals surface area contributed by atoms with Gasteiger partial charge in [-0.1, -0.05) is 25.6 Å². The summed E-state index contributed by atoms with van der Waals surface area (Å²) in [6, 6.07) is 0. The Morgan fingerprint density at radius 3 is 2.61 bits per heavy atom. The first-order valence-corrected chi connectivity index (χ1v) is 10.1. The first kappa shape index (κ1) is 11.7. The highest BCUT2D eigenvalue weighted by atomic mass is 28.3. The summed E-state index contributed by atoms with van der Waals surface area (Å²) in [6.07, 6.45) is 5.05. The molecule has 1 aromatic rings. The number of nitrogens with zero attached hydrogens (tertiary/aromatic N) is 3. The first-order valence-electron chi connectivity index (χ1n) is 6.61. The van der Waals surface area contributed by atoms with Crippen molar-refractivity contribution in [2.75, 3.05) is 18.0 Å². The predicted octanol–water partition coefficient (Wildman–Crippen LogP) is 2.16. The molecule has 1 aliphatic carbocycles. The van der Waals surface area contributed by atoms with Crippen LogP contribution in [0.5, 0.6) is 0 Å². The molecule has 18 heavy (non-hydrogen) atoms. The fourth-order valence-electron chi connectivity index (χ4n) is 2.41. The molecule has 0 aromatic carbocycles. The van der Waals surface area contributed by atoms with Crippen LogP contribution in [-0.2, 0) is 0 Å². The van der Waals surface area contributed by atoms with Crippen molar-refractivity contribution in [1.82, 2.24) is 9.97 Å². The summed E-state index contributed by atoms with van der Waals surface area (Å²) in [5.74, 6) is 6.03. The van der Waals surface area contributed by atoms with Gasteiger partial charge in [-0.2, -0.15) is 0 Å². The van der Waals surface area contributed by atoms with Gasteiger partial charge >= 0.3 is 0 Å². The summed E-state index contributed by atoms with van der Waals surface area (Å²) in [7, 11) is -1.34. The summed E-state index contributed by atoms with van der Waals surface area (Å²) in [5, 5.41) is 0. The molecular formula is C14H19N3Si. The molecule has 0 radical (unpaired) electrons. The number of rotatable bonds is 1. The van der Waals surface area contributed by atoms with E-state index in [1.807, 2.05) is 6.20 Å². The molecule has 3 nitrogen and oxygen atoms in total. The van der Waals surface area contributed by atoms with Crippen molar-refractivity contribution in [2.45, 2.75) is 26.1 Å². The van der Waals surface area contributed by atoms with Gasteiger partial charge in [0.05, 0.1) is 12.4 Å². The van der Waals surface area contributed by atoms with Crippen molar-refractivity contribution in [1.29, 1.82) is 0 Å². The van der Waals surface area contributed by atoms with E-state index in [-0.39, 0.29) is 0 Å². The fourth-order valence-corrected chi connectivity index (χ4v) is 2.91. The highest BCUT2D eigenvalue weighted by molar-refractivity contribution is 6.83. The van der Waals surface area contributed by atoms with E-state index in [1.54, 1.807) is 6.20 Å². The molecule has 0 spiro atoms. The lowest BCUT2D eigenvalue weighted by atomic mass is 10.4. The second-order valence-electron chi connectivity index (χ2n) is 6.42. The molecule has 2 heterocycles. The van der Waals surface area contributed by atoms with Crippen LogP contribution in [0, 0.1) is 23.3 Å². The molecule has 2 fully saturated rings. The third kappa shape index (κ3) is 2.56. The van der Waals surface area contributed by atoms with Crippen LogP contribution in [0.4, 0.5) is 5.82 Å². The Morgan fingerprint density at radius 1 is 1.22 bits per heavy atom. The highest BCUT2D eigenvalue weighted by Crippen LogP contribution is 2.45. The molecule has 2 unspecified atom stereocenters. The summed E-state index contributed by atoms with van der Waals surface area (Å²) in [4.78, 5) is 11.3. The van der Waals surface area contributed by atoms with E-state index < -0.39 is 8.07 Å². The number of anilines is 1. The lowest BCUT2D eigenvalue weighted by Crippen LogP contribution is -2.23. The average molecular weight is 257 g/mol. The lowest BCUT2D eigenvalue weighted by molar-refractivity contribution is 0.800. The Balaban J connectivity index is 1.78. The maximum atomic E-state index is 4.62. The van der Waals surface area contributed by atoms with Gasteiger partial charge in [0.1, 0.15) is 19.6 Å². The third-order valence-corrected chi connectivity index (χ3v) is 4.37. The zero-order valence-electron chi connectivity index (χ0n) is 11.3. The van der Waals surface area contributed by atoms with Gasteiger partial charge in [0.15, 0.2) is 0 Å². The van der Waals surface area contributed by atoms with E-state index >= 15 is 0 Å². The Kier molecular flexibility index (Phi) is 2.67. The number of hydrogen-bond acceptors (Lipinski definition) is 3. The second kappa shape index (κ2) is 4.10. The Hall–Kier alpha value is -1.34. The van der Waals surface area contributed by atoms with E-state index in [4.69, 9.17) is 0 Å². The molecule has 0 bridgehead atoms. The summed E-state index contributed by atoms with van der Waals surface area (Å²) in [5.41, 5.74) is 4.16. The van der Waals surface area contributed by atoms with Crippen molar-refractivity contribution in [2.24, 2.45) is 11.8 Å². The fraction of sp³-hybridized carbons (Fsp3) is 0.571. The van der Waals surface area contributed by atoms with Gasteiger partial charge in [-0.3, -0.25) is 4.98 Å². The van der Waals surface area contributed by atoms with Crippen LogP contribution in [0.2, 0.25) is 19.6 Å². The Morgan fingerprint density at radius 2 is 1.94 bits per heavy atom. The summed E-state index contributed by atoms with van der Waals surface area (Å²) >= 11 is 0. The molecule has 3 rings (SSSR count). The zero-order chi connectivity index (χ0) is 12.8. The standard InChI is InChI=1S/C14H19N3Si/c1-18(2,3)5-4-13-7-15-8-14(16-13)17-9-11-6-12(11)10-17/h7-8,11-12H,6,9-10H2,1-3H3. The molecule has 2 aliphatic rings. The van der Waals surface area contributed by atoms with Crippen LogP contribution in [0.3, 0.4) is 0 Å². The van der Waals surface area contributed by atoms with E-state index in [2.05, 4.69) is 46.0 Å². The van der Waals surface area contributed by atoms with Crippen molar-refractivity contribution in [3.63, 3.8) is 0 Å². The third-order valence-electron chi connectivity index (χ3n) is 3.49. The van der Waals surface area contributed by atoms with Crippen LogP contribution < -0.4 is 4.90 Å². The van der Waals surface area contributed by atoms with Crippen LogP contribution >= 0.6 is 0 Å². The van der Waals surface area contributed by atoms with Crippen molar-refractivity contribution >= 4 is 13.9 Å².